The lowest BCUT2D eigenvalue weighted by molar-refractivity contribution is -0.131. The molecule has 40 heavy (non-hydrogen) atoms. The number of benzene rings is 1. The van der Waals surface area contributed by atoms with Gasteiger partial charge in [0.1, 0.15) is 18.7 Å². The summed E-state index contributed by atoms with van der Waals surface area (Å²) in [6.45, 7) is 8.84. The standard InChI is InChI=1S/C28H44N6O6/c1-5-20-12-15-34(16-13-20)28(39)40-17-21-8-10-22(11-9-21)32-25(36)23(7-6-14-30-27(29)38)33-26(37)24(18(2)3)31-19(4)35/h8-11,18,20,23-24H,5-7,12-17H2,1-4H3,(H,31,35)(H,32,36)(H,33,37)(H3,29,30,38). The van der Waals surface area contributed by atoms with Gasteiger partial charge in [-0.15, -0.1) is 0 Å². The van der Waals surface area contributed by atoms with E-state index < -0.39 is 29.9 Å². The smallest absolute Gasteiger partial charge is 0.410 e. The maximum absolute atomic E-state index is 13.1. The zero-order valence-electron chi connectivity index (χ0n) is 24.0. The van der Waals surface area contributed by atoms with Crippen LogP contribution in [0.1, 0.15) is 65.4 Å². The molecule has 1 aromatic carbocycles. The normalized spacial score (nSPS) is 15.1. The fraction of sp³-hybridized carbons (Fsp3) is 0.607. The highest BCUT2D eigenvalue weighted by atomic mass is 16.6. The third-order valence-corrected chi connectivity index (χ3v) is 6.94. The van der Waals surface area contributed by atoms with Crippen LogP contribution in [0.3, 0.4) is 0 Å². The van der Waals surface area contributed by atoms with Gasteiger partial charge in [0.15, 0.2) is 0 Å². The molecule has 1 aliphatic heterocycles. The molecule has 1 saturated heterocycles. The molecule has 2 rings (SSSR count). The van der Waals surface area contributed by atoms with Crippen molar-refractivity contribution in [2.75, 3.05) is 25.0 Å². The molecule has 2 unspecified atom stereocenters. The first-order valence-electron chi connectivity index (χ1n) is 13.9. The molecule has 222 valence electrons. The van der Waals surface area contributed by atoms with E-state index in [1.165, 1.54) is 6.92 Å². The van der Waals surface area contributed by atoms with Crippen molar-refractivity contribution < 1.29 is 28.7 Å². The summed E-state index contributed by atoms with van der Waals surface area (Å²) < 4.78 is 5.46. The van der Waals surface area contributed by atoms with Crippen LogP contribution in [0.5, 0.6) is 0 Å². The molecule has 0 aromatic heterocycles. The molecule has 12 nitrogen and oxygen atoms in total. The summed E-state index contributed by atoms with van der Waals surface area (Å²) in [6, 6.07) is 4.48. The van der Waals surface area contributed by atoms with Crippen LogP contribution in [-0.4, -0.2) is 66.5 Å². The van der Waals surface area contributed by atoms with E-state index in [0.29, 0.717) is 31.1 Å². The van der Waals surface area contributed by atoms with Crippen molar-refractivity contribution >= 4 is 35.5 Å². The van der Waals surface area contributed by atoms with Gasteiger partial charge < -0.3 is 36.6 Å². The third kappa shape index (κ3) is 11.1. The molecule has 1 fully saturated rings. The molecule has 2 atom stereocenters. The molecule has 12 heteroatoms. The summed E-state index contributed by atoms with van der Waals surface area (Å²) in [5, 5.41) is 10.6. The van der Waals surface area contributed by atoms with Crippen molar-refractivity contribution in [1.29, 1.82) is 0 Å². The van der Waals surface area contributed by atoms with Crippen molar-refractivity contribution in [3.05, 3.63) is 29.8 Å². The zero-order valence-corrected chi connectivity index (χ0v) is 24.0. The van der Waals surface area contributed by atoms with Gasteiger partial charge in [-0.05, 0) is 55.2 Å². The number of nitrogens with zero attached hydrogens (tertiary/aromatic N) is 1. The fourth-order valence-electron chi connectivity index (χ4n) is 4.48. The Labute approximate surface area is 236 Å². The Morgan fingerprint density at radius 3 is 2.23 bits per heavy atom. The Morgan fingerprint density at radius 2 is 1.68 bits per heavy atom. The first kappa shape index (κ1) is 32.4. The molecular formula is C28H44N6O6. The maximum Gasteiger partial charge on any atom is 0.410 e. The molecular weight excluding hydrogens is 516 g/mol. The van der Waals surface area contributed by atoms with Crippen LogP contribution in [0.15, 0.2) is 24.3 Å². The number of ether oxygens (including phenoxy) is 1. The van der Waals surface area contributed by atoms with Crippen molar-refractivity contribution in [3.8, 4) is 0 Å². The third-order valence-electron chi connectivity index (χ3n) is 6.94. The summed E-state index contributed by atoms with van der Waals surface area (Å²) in [7, 11) is 0. The largest absolute Gasteiger partial charge is 0.445 e. The number of amides is 6. The van der Waals surface area contributed by atoms with E-state index >= 15 is 0 Å². The topological polar surface area (TPSA) is 172 Å². The summed E-state index contributed by atoms with van der Waals surface area (Å²) in [5.74, 6) is -0.821. The summed E-state index contributed by atoms with van der Waals surface area (Å²) >= 11 is 0. The predicted molar refractivity (Wildman–Crippen MR) is 151 cm³/mol. The summed E-state index contributed by atoms with van der Waals surface area (Å²) in [4.78, 5) is 62.7. The second kappa shape index (κ2) is 16.3. The molecule has 6 amide bonds. The minimum atomic E-state index is -0.922. The Kier molecular flexibility index (Phi) is 13.2. The average Bonchev–Trinajstić information content (AvgIpc) is 2.92. The van der Waals surface area contributed by atoms with E-state index in [1.54, 1.807) is 43.0 Å². The fourth-order valence-corrected chi connectivity index (χ4v) is 4.48. The van der Waals surface area contributed by atoms with Crippen molar-refractivity contribution in [2.24, 2.45) is 17.6 Å². The van der Waals surface area contributed by atoms with Crippen LogP contribution in [0.4, 0.5) is 15.3 Å². The number of likely N-dealkylation sites (tertiary alicyclic amines) is 1. The van der Waals surface area contributed by atoms with Gasteiger partial charge >= 0.3 is 12.1 Å². The van der Waals surface area contributed by atoms with Crippen LogP contribution < -0.4 is 27.0 Å². The van der Waals surface area contributed by atoms with Crippen LogP contribution in [-0.2, 0) is 25.7 Å². The highest BCUT2D eigenvalue weighted by Gasteiger charge is 2.28. The van der Waals surface area contributed by atoms with E-state index in [2.05, 4.69) is 28.2 Å². The maximum atomic E-state index is 13.1. The lowest BCUT2D eigenvalue weighted by Gasteiger charge is -2.30. The number of primary amides is 1. The SMILES string of the molecule is CCC1CCN(C(=O)OCc2ccc(NC(=O)C(CCCNC(N)=O)NC(=O)C(NC(C)=O)C(C)C)cc2)CC1. The van der Waals surface area contributed by atoms with Gasteiger partial charge in [-0.1, -0.05) is 39.3 Å². The zero-order chi connectivity index (χ0) is 29.7. The van der Waals surface area contributed by atoms with Gasteiger partial charge in [0, 0.05) is 32.2 Å². The minimum Gasteiger partial charge on any atom is -0.445 e. The molecule has 1 aromatic rings. The highest BCUT2D eigenvalue weighted by Crippen LogP contribution is 2.21. The van der Waals surface area contributed by atoms with Crippen LogP contribution in [0.25, 0.3) is 0 Å². The number of piperidine rings is 1. The van der Waals surface area contributed by atoms with Gasteiger partial charge in [-0.3, -0.25) is 14.4 Å². The minimum absolute atomic E-state index is 0.117. The number of hydrogen-bond donors (Lipinski definition) is 5. The summed E-state index contributed by atoms with van der Waals surface area (Å²) in [6.07, 6.45) is 3.40. The van der Waals surface area contributed by atoms with Gasteiger partial charge in [-0.2, -0.15) is 0 Å². The predicted octanol–water partition coefficient (Wildman–Crippen LogP) is 2.48. The van der Waals surface area contributed by atoms with Crippen LogP contribution in [0.2, 0.25) is 0 Å². The second-order valence-corrected chi connectivity index (χ2v) is 10.5. The Morgan fingerprint density at radius 1 is 1.02 bits per heavy atom. The van der Waals surface area contributed by atoms with Crippen molar-refractivity contribution in [2.45, 2.75) is 78.5 Å². The molecule has 0 saturated carbocycles. The number of nitrogens with one attached hydrogen (secondary N) is 4. The first-order valence-corrected chi connectivity index (χ1v) is 13.9. The number of nitrogens with two attached hydrogens (primary N) is 1. The molecule has 0 radical (unpaired) electrons. The number of carbonyl (C=O) groups excluding carboxylic acids is 5. The lowest BCUT2D eigenvalue weighted by Crippen LogP contribution is -2.54. The van der Waals surface area contributed by atoms with Gasteiger partial charge in [0.05, 0.1) is 0 Å². The van der Waals surface area contributed by atoms with Crippen molar-refractivity contribution in [1.82, 2.24) is 20.9 Å². The van der Waals surface area contributed by atoms with Gasteiger partial charge in [0.2, 0.25) is 17.7 Å². The first-order chi connectivity index (χ1) is 19.0. The van der Waals surface area contributed by atoms with Gasteiger partial charge in [0.25, 0.3) is 0 Å². The number of anilines is 1. The van der Waals surface area contributed by atoms with Crippen LogP contribution >= 0.6 is 0 Å². The Hall–Kier alpha value is -3.83. The molecule has 0 aliphatic carbocycles. The molecule has 1 aliphatic rings. The van der Waals surface area contributed by atoms with E-state index in [-0.39, 0.29) is 37.5 Å². The Balaban J connectivity index is 1.96. The lowest BCUT2D eigenvalue weighted by atomic mass is 9.95. The van der Waals surface area contributed by atoms with E-state index in [9.17, 15) is 24.0 Å². The highest BCUT2D eigenvalue weighted by molar-refractivity contribution is 5.98. The molecule has 0 spiro atoms. The van der Waals surface area contributed by atoms with Gasteiger partial charge in [-0.25, -0.2) is 9.59 Å². The van der Waals surface area contributed by atoms with E-state index in [4.69, 9.17) is 10.5 Å². The number of rotatable bonds is 13. The number of hydrogen-bond acceptors (Lipinski definition) is 6. The molecule has 0 bridgehead atoms. The monoisotopic (exact) mass is 560 g/mol. The average molecular weight is 561 g/mol. The van der Waals surface area contributed by atoms with E-state index in [1.807, 2.05) is 0 Å². The second-order valence-electron chi connectivity index (χ2n) is 10.5. The molecule has 6 N–H and O–H groups in total. The van der Waals surface area contributed by atoms with Crippen LogP contribution in [0, 0.1) is 11.8 Å². The summed E-state index contributed by atoms with van der Waals surface area (Å²) in [5.41, 5.74) is 6.37. The quantitative estimate of drug-likeness (QED) is 0.232. The number of carbonyl (C=O) groups is 5. The van der Waals surface area contributed by atoms with E-state index in [0.717, 1.165) is 24.8 Å². The number of urea groups is 1. The molecule has 1 heterocycles. The van der Waals surface area contributed by atoms with Crippen molar-refractivity contribution in [3.63, 3.8) is 0 Å². The Bertz CT molecular complexity index is 1010.